The number of nitrogens with zero attached hydrogens (tertiary/aromatic N) is 1. The Morgan fingerprint density at radius 2 is 2.10 bits per heavy atom. The molecule has 3 N–H and O–H groups in total. The zero-order valence-corrected chi connectivity index (χ0v) is 12.0. The number of nitrogens with one attached hydrogen (secondary N) is 1. The van der Waals surface area contributed by atoms with Gasteiger partial charge in [0.25, 0.3) is 11.8 Å². The molecule has 0 aromatic heterocycles. The van der Waals surface area contributed by atoms with Gasteiger partial charge in [0.05, 0.1) is 0 Å². The van der Waals surface area contributed by atoms with Gasteiger partial charge in [-0.25, -0.2) is 0 Å². The van der Waals surface area contributed by atoms with Crippen LogP contribution in [0.4, 0.5) is 0 Å². The van der Waals surface area contributed by atoms with E-state index in [1.807, 2.05) is 4.90 Å². The first-order valence-corrected chi connectivity index (χ1v) is 6.80. The van der Waals surface area contributed by atoms with Crippen molar-refractivity contribution in [3.8, 4) is 0 Å². The van der Waals surface area contributed by atoms with Gasteiger partial charge in [-0.1, -0.05) is 13.0 Å². The van der Waals surface area contributed by atoms with Crippen molar-refractivity contribution >= 4 is 11.8 Å². The predicted octanol–water partition coefficient (Wildman–Crippen LogP) is 0.857. The minimum Gasteiger partial charge on any atom is -0.355 e. The monoisotopic (exact) mass is 275 g/mol. The van der Waals surface area contributed by atoms with E-state index in [0.29, 0.717) is 24.2 Å². The summed E-state index contributed by atoms with van der Waals surface area (Å²) in [5.41, 5.74) is 6.82. The summed E-state index contributed by atoms with van der Waals surface area (Å²) < 4.78 is 0. The van der Waals surface area contributed by atoms with E-state index in [1.54, 1.807) is 31.3 Å². The van der Waals surface area contributed by atoms with Gasteiger partial charge in [0.15, 0.2) is 0 Å². The van der Waals surface area contributed by atoms with E-state index < -0.39 is 0 Å². The van der Waals surface area contributed by atoms with E-state index in [-0.39, 0.29) is 17.2 Å². The average molecular weight is 275 g/mol. The van der Waals surface area contributed by atoms with E-state index >= 15 is 0 Å². The van der Waals surface area contributed by atoms with Crippen LogP contribution in [0.1, 0.15) is 34.1 Å². The molecule has 2 rings (SSSR count). The molecule has 1 unspecified atom stereocenters. The Hall–Kier alpha value is -1.88. The number of amides is 2. The van der Waals surface area contributed by atoms with Crippen LogP contribution in [-0.4, -0.2) is 43.4 Å². The standard InChI is InChI=1S/C15H21N3O2/c1-15(9-16)6-7-18(10-15)14(20)12-5-3-4-11(8-12)13(19)17-2/h3-5,8H,6-7,9-10,16H2,1-2H3,(H,17,19). The molecule has 0 bridgehead atoms. The van der Waals surface area contributed by atoms with Crippen LogP contribution >= 0.6 is 0 Å². The van der Waals surface area contributed by atoms with Gasteiger partial charge in [-0.15, -0.1) is 0 Å². The second-order valence-electron chi connectivity index (χ2n) is 5.65. The summed E-state index contributed by atoms with van der Waals surface area (Å²) in [5.74, 6) is -0.221. The quantitative estimate of drug-likeness (QED) is 0.859. The lowest BCUT2D eigenvalue weighted by molar-refractivity contribution is 0.0777. The van der Waals surface area contributed by atoms with E-state index in [1.165, 1.54) is 0 Å². The molecule has 1 aromatic carbocycles. The Balaban J connectivity index is 2.16. The average Bonchev–Trinajstić information content (AvgIpc) is 2.89. The third kappa shape index (κ3) is 2.82. The second-order valence-corrected chi connectivity index (χ2v) is 5.65. The maximum atomic E-state index is 12.5. The van der Waals surface area contributed by atoms with Gasteiger partial charge in [0.1, 0.15) is 0 Å². The normalized spacial score (nSPS) is 21.9. The number of carbonyl (C=O) groups excluding carboxylic acids is 2. The van der Waals surface area contributed by atoms with E-state index in [4.69, 9.17) is 5.73 Å². The molecular formula is C15H21N3O2. The lowest BCUT2D eigenvalue weighted by atomic mass is 9.90. The lowest BCUT2D eigenvalue weighted by Gasteiger charge is -2.22. The summed E-state index contributed by atoms with van der Waals surface area (Å²) in [6, 6.07) is 6.81. The minimum atomic E-state index is -0.187. The van der Waals surface area contributed by atoms with Crippen LogP contribution in [0.15, 0.2) is 24.3 Å². The molecule has 0 aliphatic carbocycles. The molecule has 1 saturated heterocycles. The fourth-order valence-electron chi connectivity index (χ4n) is 2.48. The van der Waals surface area contributed by atoms with Crippen LogP contribution in [0, 0.1) is 5.41 Å². The van der Waals surface area contributed by atoms with E-state index in [0.717, 1.165) is 13.0 Å². The fourth-order valence-corrected chi connectivity index (χ4v) is 2.48. The van der Waals surface area contributed by atoms with Crippen molar-refractivity contribution in [3.05, 3.63) is 35.4 Å². The molecule has 5 heteroatoms. The van der Waals surface area contributed by atoms with Crippen molar-refractivity contribution in [3.63, 3.8) is 0 Å². The summed E-state index contributed by atoms with van der Waals surface area (Å²) in [7, 11) is 1.57. The maximum absolute atomic E-state index is 12.5. The fraction of sp³-hybridized carbons (Fsp3) is 0.467. The van der Waals surface area contributed by atoms with Crippen molar-refractivity contribution < 1.29 is 9.59 Å². The molecule has 1 fully saturated rings. The van der Waals surface area contributed by atoms with Crippen LogP contribution in [0.3, 0.4) is 0 Å². The second kappa shape index (κ2) is 5.63. The minimum absolute atomic E-state index is 0.00800. The Kier molecular flexibility index (Phi) is 4.09. The molecule has 108 valence electrons. The first-order valence-electron chi connectivity index (χ1n) is 6.80. The predicted molar refractivity (Wildman–Crippen MR) is 77.5 cm³/mol. The Bertz CT molecular complexity index is 530. The van der Waals surface area contributed by atoms with Gasteiger partial charge in [0.2, 0.25) is 0 Å². The highest BCUT2D eigenvalue weighted by molar-refractivity contribution is 5.99. The van der Waals surface area contributed by atoms with Gasteiger partial charge in [-0.2, -0.15) is 0 Å². The molecule has 1 atom stereocenters. The Labute approximate surface area is 119 Å². The molecule has 2 amide bonds. The first kappa shape index (κ1) is 14.5. The Morgan fingerprint density at radius 1 is 1.40 bits per heavy atom. The molecule has 0 saturated carbocycles. The molecular weight excluding hydrogens is 254 g/mol. The molecule has 0 spiro atoms. The van der Waals surface area contributed by atoms with Gasteiger partial charge < -0.3 is 16.0 Å². The summed E-state index contributed by atoms with van der Waals surface area (Å²) in [5, 5.41) is 2.56. The lowest BCUT2D eigenvalue weighted by Crippen LogP contribution is -2.34. The van der Waals surface area contributed by atoms with Gasteiger partial charge in [0, 0.05) is 31.3 Å². The number of hydrogen-bond donors (Lipinski definition) is 2. The molecule has 1 aliphatic heterocycles. The van der Waals surface area contributed by atoms with Crippen LogP contribution in [0.25, 0.3) is 0 Å². The molecule has 5 nitrogen and oxygen atoms in total. The van der Waals surface area contributed by atoms with Crippen molar-refractivity contribution in [2.24, 2.45) is 11.1 Å². The molecule has 1 aromatic rings. The molecule has 1 aliphatic rings. The third-order valence-electron chi connectivity index (χ3n) is 3.94. The zero-order chi connectivity index (χ0) is 14.8. The van der Waals surface area contributed by atoms with Crippen molar-refractivity contribution in [1.82, 2.24) is 10.2 Å². The number of benzene rings is 1. The summed E-state index contributed by atoms with van der Waals surface area (Å²) in [6.45, 7) is 4.07. The van der Waals surface area contributed by atoms with Crippen molar-refractivity contribution in [2.45, 2.75) is 13.3 Å². The maximum Gasteiger partial charge on any atom is 0.253 e. The molecule has 0 radical (unpaired) electrons. The largest absolute Gasteiger partial charge is 0.355 e. The Morgan fingerprint density at radius 3 is 2.70 bits per heavy atom. The van der Waals surface area contributed by atoms with E-state index in [2.05, 4.69) is 12.2 Å². The number of hydrogen-bond acceptors (Lipinski definition) is 3. The van der Waals surface area contributed by atoms with Crippen LogP contribution in [0.5, 0.6) is 0 Å². The molecule has 20 heavy (non-hydrogen) atoms. The highest BCUT2D eigenvalue weighted by Crippen LogP contribution is 2.29. The number of carbonyl (C=O) groups is 2. The van der Waals surface area contributed by atoms with Crippen LogP contribution < -0.4 is 11.1 Å². The summed E-state index contributed by atoms with van der Waals surface area (Å²) >= 11 is 0. The third-order valence-corrected chi connectivity index (χ3v) is 3.94. The summed E-state index contributed by atoms with van der Waals surface area (Å²) in [4.78, 5) is 25.9. The van der Waals surface area contributed by atoms with Gasteiger partial charge in [-0.05, 0) is 36.6 Å². The van der Waals surface area contributed by atoms with Crippen LogP contribution in [0.2, 0.25) is 0 Å². The van der Waals surface area contributed by atoms with Crippen molar-refractivity contribution in [2.75, 3.05) is 26.7 Å². The SMILES string of the molecule is CNC(=O)c1cccc(C(=O)N2CCC(C)(CN)C2)c1. The zero-order valence-electron chi connectivity index (χ0n) is 12.0. The number of rotatable bonds is 3. The van der Waals surface area contributed by atoms with Crippen LogP contribution in [-0.2, 0) is 0 Å². The highest BCUT2D eigenvalue weighted by atomic mass is 16.2. The number of nitrogens with two attached hydrogens (primary N) is 1. The first-order chi connectivity index (χ1) is 9.49. The molecule has 1 heterocycles. The summed E-state index contributed by atoms with van der Waals surface area (Å²) in [6.07, 6.45) is 0.921. The van der Waals surface area contributed by atoms with Gasteiger partial charge in [-0.3, -0.25) is 9.59 Å². The highest BCUT2D eigenvalue weighted by Gasteiger charge is 2.35. The van der Waals surface area contributed by atoms with Gasteiger partial charge >= 0.3 is 0 Å². The van der Waals surface area contributed by atoms with E-state index in [9.17, 15) is 9.59 Å². The smallest absolute Gasteiger partial charge is 0.253 e. The number of likely N-dealkylation sites (tertiary alicyclic amines) is 1. The topological polar surface area (TPSA) is 75.4 Å². The van der Waals surface area contributed by atoms with Crippen molar-refractivity contribution in [1.29, 1.82) is 0 Å².